The minimum atomic E-state index is -0.644. The number of aromatic nitrogens is 3. The zero-order valence-corrected chi connectivity index (χ0v) is 22.4. The Morgan fingerprint density at radius 1 is 1.20 bits per heavy atom. The summed E-state index contributed by atoms with van der Waals surface area (Å²) in [5.74, 6) is -0.0793. The van der Waals surface area contributed by atoms with Crippen molar-refractivity contribution in [3.05, 3.63) is 72.1 Å². The van der Waals surface area contributed by atoms with Crippen LogP contribution < -0.4 is 25.6 Å². The Morgan fingerprint density at radius 3 is 2.77 bits per heavy atom. The Hall–Kier alpha value is -4.84. The van der Waals surface area contributed by atoms with Crippen molar-refractivity contribution in [1.29, 1.82) is 0 Å². The van der Waals surface area contributed by atoms with Crippen molar-refractivity contribution >= 4 is 56.5 Å². The fourth-order valence-corrected chi connectivity index (χ4v) is 6.43. The number of primary amides is 1. The van der Waals surface area contributed by atoms with Gasteiger partial charge in [0.2, 0.25) is 11.8 Å². The van der Waals surface area contributed by atoms with Gasteiger partial charge in [-0.05, 0) is 56.0 Å². The molecule has 0 unspecified atom stereocenters. The van der Waals surface area contributed by atoms with E-state index in [1.54, 1.807) is 58.9 Å². The fourth-order valence-electron chi connectivity index (χ4n) is 5.42. The lowest BCUT2D eigenvalue weighted by atomic mass is 10.0. The van der Waals surface area contributed by atoms with E-state index in [0.717, 1.165) is 23.3 Å². The van der Waals surface area contributed by atoms with Crippen LogP contribution >= 0.6 is 11.3 Å². The number of carbonyl (C=O) groups excluding carboxylic acids is 3. The van der Waals surface area contributed by atoms with Gasteiger partial charge in [0.15, 0.2) is 0 Å². The molecule has 1 saturated carbocycles. The second-order valence-electron chi connectivity index (χ2n) is 9.56. The molecule has 0 saturated heterocycles. The first kappa shape index (κ1) is 25.4. The van der Waals surface area contributed by atoms with Crippen molar-refractivity contribution in [3.63, 3.8) is 0 Å². The van der Waals surface area contributed by atoms with Crippen LogP contribution in [0.4, 0.5) is 21.9 Å². The highest BCUT2D eigenvalue weighted by molar-refractivity contribution is 7.21. The lowest BCUT2D eigenvalue weighted by Crippen LogP contribution is -2.55. The molecule has 4 amide bonds. The second kappa shape index (κ2) is 10.0. The number of nitrogens with two attached hydrogens (primary N) is 1. The number of hydrogen-bond acceptors (Lipinski definition) is 8. The van der Waals surface area contributed by atoms with Gasteiger partial charge in [-0.25, -0.2) is 14.8 Å². The number of ether oxygens (including phenoxy) is 1. The maximum absolute atomic E-state index is 14.5. The smallest absolute Gasteiger partial charge is 0.334 e. The van der Waals surface area contributed by atoms with Crippen LogP contribution in [0.15, 0.2) is 61.7 Å². The summed E-state index contributed by atoms with van der Waals surface area (Å²) in [6, 6.07) is 5.90. The summed E-state index contributed by atoms with van der Waals surface area (Å²) >= 11 is 1.15. The molecule has 11 nitrogen and oxygen atoms in total. The number of urea groups is 1. The standard InChI is InChI=1S/C28H25N7O4S/c1-3-21(36)33-17-7-4-8-18(17)35-24-23-19(9-11-31-27(23)40-25(24)26(29)37)34(28(35)38)20-14-32-22(12-15(20)2)39-16-6-5-10-30-13-16/h3,5-6,9-14,17-18H,1,4,7-8H2,2H3,(H2,29,37)(H,33,36)/t17-,18+/m0/s1. The van der Waals surface area contributed by atoms with E-state index in [2.05, 4.69) is 26.8 Å². The van der Waals surface area contributed by atoms with E-state index in [9.17, 15) is 14.4 Å². The SMILES string of the molecule is C=CC(=O)N[C@H]1CCC[C@H]1N1C(=O)N(c2cnc(Oc3cccnc3)cc2C)c2ccnc3sc(C(N)=O)c1c23. The maximum atomic E-state index is 14.5. The average Bonchev–Trinajstić information content (AvgIpc) is 3.56. The summed E-state index contributed by atoms with van der Waals surface area (Å²) in [4.78, 5) is 56.4. The van der Waals surface area contributed by atoms with Crippen molar-refractivity contribution in [3.8, 4) is 11.6 Å². The molecule has 4 aromatic heterocycles. The lowest BCUT2D eigenvalue weighted by molar-refractivity contribution is -0.117. The average molecular weight is 556 g/mol. The predicted molar refractivity (Wildman–Crippen MR) is 151 cm³/mol. The van der Waals surface area contributed by atoms with Crippen molar-refractivity contribution in [2.45, 2.75) is 38.3 Å². The summed E-state index contributed by atoms with van der Waals surface area (Å²) in [6.07, 6.45) is 9.72. The molecule has 202 valence electrons. The number of nitrogens with one attached hydrogen (secondary N) is 1. The number of nitrogens with zero attached hydrogens (tertiary/aromatic N) is 5. The summed E-state index contributed by atoms with van der Waals surface area (Å²) in [7, 11) is 0. The van der Waals surface area contributed by atoms with Crippen molar-refractivity contribution < 1.29 is 19.1 Å². The predicted octanol–water partition coefficient (Wildman–Crippen LogP) is 4.59. The zero-order valence-electron chi connectivity index (χ0n) is 21.5. The Kier molecular flexibility index (Phi) is 6.39. The molecule has 5 heterocycles. The molecule has 40 heavy (non-hydrogen) atoms. The van der Waals surface area contributed by atoms with Gasteiger partial charge in [-0.2, -0.15) is 0 Å². The Bertz CT molecular complexity index is 1670. The van der Waals surface area contributed by atoms with Gasteiger partial charge in [-0.3, -0.25) is 24.4 Å². The van der Waals surface area contributed by atoms with Crippen LogP contribution in [0.2, 0.25) is 0 Å². The monoisotopic (exact) mass is 555 g/mol. The maximum Gasteiger partial charge on any atom is 0.334 e. The molecule has 1 aliphatic carbocycles. The molecule has 0 aromatic carbocycles. The molecule has 2 aliphatic rings. The Balaban J connectivity index is 1.49. The molecule has 0 radical (unpaired) electrons. The van der Waals surface area contributed by atoms with Gasteiger partial charge in [0, 0.05) is 18.5 Å². The number of anilines is 3. The molecular formula is C28H25N7O4S. The number of pyridine rings is 3. The number of amides is 4. The number of aryl methyl sites for hydroxylation is 1. The van der Waals surface area contributed by atoms with Crippen LogP contribution in [0.1, 0.15) is 34.5 Å². The molecule has 3 N–H and O–H groups in total. The molecule has 1 fully saturated rings. The van der Waals surface area contributed by atoms with E-state index in [4.69, 9.17) is 10.5 Å². The number of hydrogen-bond donors (Lipinski definition) is 2. The first-order valence-electron chi connectivity index (χ1n) is 12.7. The van der Waals surface area contributed by atoms with Crippen LogP contribution in [-0.4, -0.2) is 44.9 Å². The third kappa shape index (κ3) is 4.22. The van der Waals surface area contributed by atoms with Gasteiger partial charge in [0.25, 0.3) is 5.91 Å². The number of carbonyl (C=O) groups is 3. The van der Waals surface area contributed by atoms with Crippen molar-refractivity contribution in [2.75, 3.05) is 9.80 Å². The summed E-state index contributed by atoms with van der Waals surface area (Å²) in [5, 5.41) is 3.61. The van der Waals surface area contributed by atoms with Crippen LogP contribution in [-0.2, 0) is 4.79 Å². The van der Waals surface area contributed by atoms with E-state index in [-0.39, 0.29) is 22.9 Å². The summed E-state index contributed by atoms with van der Waals surface area (Å²) in [6.45, 7) is 5.42. The van der Waals surface area contributed by atoms with Crippen LogP contribution in [0.25, 0.3) is 10.2 Å². The van der Waals surface area contributed by atoms with Gasteiger partial charge in [-0.1, -0.05) is 6.58 Å². The topological polar surface area (TPSA) is 144 Å². The van der Waals surface area contributed by atoms with Gasteiger partial charge >= 0.3 is 6.03 Å². The quantitative estimate of drug-likeness (QED) is 0.318. The molecule has 4 aromatic rings. The van der Waals surface area contributed by atoms with Gasteiger partial charge in [-0.15, -0.1) is 11.3 Å². The van der Waals surface area contributed by atoms with Crippen LogP contribution in [0.3, 0.4) is 0 Å². The highest BCUT2D eigenvalue weighted by Gasteiger charge is 2.45. The highest BCUT2D eigenvalue weighted by Crippen LogP contribution is 2.50. The van der Waals surface area contributed by atoms with Crippen LogP contribution in [0, 0.1) is 6.92 Å². The first-order valence-corrected chi connectivity index (χ1v) is 13.5. The van der Waals surface area contributed by atoms with Crippen molar-refractivity contribution in [2.24, 2.45) is 5.73 Å². The van der Waals surface area contributed by atoms with Gasteiger partial charge < -0.3 is 15.8 Å². The first-order chi connectivity index (χ1) is 19.4. The number of rotatable bonds is 7. The lowest BCUT2D eigenvalue weighted by Gasteiger charge is -2.41. The van der Waals surface area contributed by atoms with Crippen molar-refractivity contribution in [1.82, 2.24) is 20.3 Å². The third-order valence-electron chi connectivity index (χ3n) is 7.13. The minimum absolute atomic E-state index is 0.249. The molecule has 2 atom stereocenters. The van der Waals surface area contributed by atoms with E-state index >= 15 is 0 Å². The normalized spacial score (nSPS) is 18.2. The third-order valence-corrected chi connectivity index (χ3v) is 8.23. The van der Waals surface area contributed by atoms with Crippen LogP contribution in [0.5, 0.6) is 11.6 Å². The molecule has 1 aliphatic heterocycles. The fraction of sp³-hybridized carbons (Fsp3) is 0.214. The summed E-state index contributed by atoms with van der Waals surface area (Å²) < 4.78 is 5.84. The summed E-state index contributed by atoms with van der Waals surface area (Å²) in [5.41, 5.74) is 8.09. The van der Waals surface area contributed by atoms with E-state index in [1.165, 1.54) is 6.08 Å². The Labute approximate surface area is 233 Å². The molecule has 12 heteroatoms. The highest BCUT2D eigenvalue weighted by atomic mass is 32.1. The molecular weight excluding hydrogens is 530 g/mol. The molecule has 6 rings (SSSR count). The van der Waals surface area contributed by atoms with Gasteiger partial charge in [0.1, 0.15) is 15.5 Å². The van der Waals surface area contributed by atoms with E-state index in [0.29, 0.717) is 51.7 Å². The minimum Gasteiger partial charge on any atom is -0.437 e. The van der Waals surface area contributed by atoms with Gasteiger partial charge in [0.05, 0.1) is 46.9 Å². The second-order valence-corrected chi connectivity index (χ2v) is 10.6. The van der Waals surface area contributed by atoms with E-state index in [1.807, 2.05) is 6.92 Å². The van der Waals surface area contributed by atoms with E-state index < -0.39 is 11.9 Å². The molecule has 0 bridgehead atoms. The zero-order chi connectivity index (χ0) is 28.0. The molecule has 0 spiro atoms. The Morgan fingerprint density at radius 2 is 2.05 bits per heavy atom. The largest absolute Gasteiger partial charge is 0.437 e. The number of thiophene rings is 1.